The third kappa shape index (κ3) is 5.88. The van der Waals surface area contributed by atoms with Gasteiger partial charge in [0.25, 0.3) is 0 Å². The zero-order valence-corrected chi connectivity index (χ0v) is 20.0. The van der Waals surface area contributed by atoms with Crippen LogP contribution in [0.25, 0.3) is 0 Å². The van der Waals surface area contributed by atoms with Crippen molar-refractivity contribution in [2.45, 2.75) is 39.0 Å². The third-order valence-electron chi connectivity index (χ3n) is 5.37. The Morgan fingerprint density at radius 2 is 1.58 bits per heavy atom. The van der Waals surface area contributed by atoms with Gasteiger partial charge in [-0.05, 0) is 53.3 Å². The molecule has 0 unspecified atom stereocenters. The first-order valence-electron chi connectivity index (χ1n) is 9.71. The Balaban J connectivity index is 0.000000179. The lowest BCUT2D eigenvalue weighted by molar-refractivity contribution is -0.186. The van der Waals surface area contributed by atoms with Crippen molar-refractivity contribution >= 4 is 43.7 Å². The highest BCUT2D eigenvalue weighted by molar-refractivity contribution is 9.10. The first-order chi connectivity index (χ1) is 14.6. The smallest absolute Gasteiger partial charge is 0.338 e. The van der Waals surface area contributed by atoms with Crippen LogP contribution in [0.5, 0.6) is 0 Å². The monoisotopic (exact) mass is 560 g/mol. The minimum atomic E-state index is -4.78. The van der Waals surface area contributed by atoms with Crippen LogP contribution < -0.4 is 0 Å². The number of hydrogen-bond donors (Lipinski definition) is 0. The molecule has 2 aliphatic rings. The molecule has 0 aliphatic carbocycles. The van der Waals surface area contributed by atoms with Crippen LogP contribution in [-0.2, 0) is 35.5 Å². The summed E-state index contributed by atoms with van der Waals surface area (Å²) in [5, 5.41) is 0. The molecule has 0 radical (unpaired) electrons. The highest BCUT2D eigenvalue weighted by Crippen LogP contribution is 2.27. The number of alkyl halides is 3. The molecular weight excluding hydrogens is 541 g/mol. The first-order valence-corrected chi connectivity index (χ1v) is 11.3. The zero-order valence-electron chi connectivity index (χ0n) is 16.8. The molecule has 0 atom stereocenters. The Hall–Kier alpha value is -1.87. The molecule has 2 aliphatic heterocycles. The van der Waals surface area contributed by atoms with E-state index in [9.17, 15) is 22.8 Å². The van der Waals surface area contributed by atoms with E-state index in [0.29, 0.717) is 6.42 Å². The van der Waals surface area contributed by atoms with Crippen molar-refractivity contribution in [2.24, 2.45) is 0 Å². The van der Waals surface area contributed by atoms with Gasteiger partial charge in [-0.25, -0.2) is 0 Å². The van der Waals surface area contributed by atoms with Crippen molar-refractivity contribution in [1.82, 2.24) is 9.80 Å². The van der Waals surface area contributed by atoms with E-state index in [1.807, 2.05) is 23.1 Å². The van der Waals surface area contributed by atoms with Gasteiger partial charge in [-0.2, -0.15) is 13.2 Å². The molecular formula is C22H21Br2F3N2O2. The normalized spacial score (nSPS) is 15.4. The molecule has 2 aromatic rings. The molecule has 2 heterocycles. The van der Waals surface area contributed by atoms with Crippen LogP contribution in [0.3, 0.4) is 0 Å². The summed E-state index contributed by atoms with van der Waals surface area (Å²) in [6, 6.07) is 11.6. The Labute approximate surface area is 195 Å². The minimum Gasteiger partial charge on any atom is -0.338 e. The molecule has 31 heavy (non-hydrogen) atoms. The summed E-state index contributed by atoms with van der Waals surface area (Å²) in [6.45, 7) is 3.36. The van der Waals surface area contributed by atoms with Crippen molar-refractivity contribution in [1.29, 1.82) is 0 Å². The number of carbonyl (C=O) groups excluding carboxylic acids is 2. The number of carbonyl (C=O) groups is 2. The summed E-state index contributed by atoms with van der Waals surface area (Å²) in [5.41, 5.74) is 4.38. The molecule has 0 N–H and O–H groups in total. The highest BCUT2D eigenvalue weighted by atomic mass is 79.9. The molecule has 2 amide bonds. The second-order valence-electron chi connectivity index (χ2n) is 7.46. The molecule has 4 nitrogen and oxygen atoms in total. The zero-order chi connectivity index (χ0) is 22.8. The highest BCUT2D eigenvalue weighted by Gasteiger charge is 2.43. The van der Waals surface area contributed by atoms with E-state index in [1.54, 1.807) is 19.1 Å². The quantitative estimate of drug-likeness (QED) is 0.441. The number of fused-ring (bicyclic) bond motifs is 2. The molecule has 0 spiro atoms. The van der Waals surface area contributed by atoms with Gasteiger partial charge in [0.05, 0.1) is 0 Å². The van der Waals surface area contributed by atoms with Gasteiger partial charge in [-0.3, -0.25) is 9.59 Å². The standard InChI is InChI=1S/C11H9BrF3NO.C11H12BrNO/c12-9-2-1-8-6-16(4-3-7(8)5-9)10(17)11(13,14)15;1-8(14)13-6-5-9-3-2-4-11(12)10(9)7-13/h1-2,5H,3-4,6H2;2-4H,5-7H2,1H3. The van der Waals surface area contributed by atoms with Crippen molar-refractivity contribution in [3.8, 4) is 0 Å². The topological polar surface area (TPSA) is 40.6 Å². The lowest BCUT2D eigenvalue weighted by atomic mass is 10.00. The van der Waals surface area contributed by atoms with Crippen LogP contribution in [0.2, 0.25) is 0 Å². The van der Waals surface area contributed by atoms with Crippen LogP contribution in [-0.4, -0.2) is 40.9 Å². The van der Waals surface area contributed by atoms with Crippen LogP contribution in [0, 0.1) is 0 Å². The fraction of sp³-hybridized carbons (Fsp3) is 0.364. The molecule has 4 rings (SSSR count). The third-order valence-corrected chi connectivity index (χ3v) is 6.61. The molecule has 2 aromatic carbocycles. The maximum Gasteiger partial charge on any atom is 0.471 e. The van der Waals surface area contributed by atoms with Gasteiger partial charge < -0.3 is 9.80 Å². The molecule has 0 bridgehead atoms. The van der Waals surface area contributed by atoms with E-state index < -0.39 is 12.1 Å². The number of benzene rings is 2. The lowest BCUT2D eigenvalue weighted by Gasteiger charge is -2.29. The van der Waals surface area contributed by atoms with E-state index in [0.717, 1.165) is 44.5 Å². The van der Waals surface area contributed by atoms with Crippen LogP contribution >= 0.6 is 31.9 Å². The summed E-state index contributed by atoms with van der Waals surface area (Å²) >= 11 is 6.83. The van der Waals surface area contributed by atoms with Crippen molar-refractivity contribution in [3.05, 3.63) is 67.6 Å². The number of amides is 2. The van der Waals surface area contributed by atoms with Crippen LogP contribution in [0.1, 0.15) is 29.2 Å². The van der Waals surface area contributed by atoms with Gasteiger partial charge in [0.2, 0.25) is 5.91 Å². The van der Waals surface area contributed by atoms with Crippen LogP contribution in [0.15, 0.2) is 45.3 Å². The fourth-order valence-corrected chi connectivity index (χ4v) is 4.62. The Kier molecular flexibility index (Phi) is 7.47. The average Bonchev–Trinajstić information content (AvgIpc) is 2.72. The predicted octanol–water partition coefficient (Wildman–Crippen LogP) is 5.25. The minimum absolute atomic E-state index is 0.0287. The Bertz CT molecular complexity index is 995. The van der Waals surface area contributed by atoms with E-state index >= 15 is 0 Å². The van der Waals surface area contributed by atoms with Crippen molar-refractivity contribution < 1.29 is 22.8 Å². The number of hydrogen-bond acceptors (Lipinski definition) is 2. The maximum absolute atomic E-state index is 12.3. The second kappa shape index (κ2) is 9.73. The summed E-state index contributed by atoms with van der Waals surface area (Å²) < 4.78 is 38.8. The van der Waals surface area contributed by atoms with Gasteiger partial charge in [0.1, 0.15) is 0 Å². The summed E-state index contributed by atoms with van der Waals surface area (Å²) in [7, 11) is 0. The van der Waals surface area contributed by atoms with Crippen LogP contribution in [0.4, 0.5) is 13.2 Å². The average molecular weight is 562 g/mol. The van der Waals surface area contributed by atoms with E-state index in [1.165, 1.54) is 11.1 Å². The molecule has 0 fully saturated rings. The second-order valence-corrected chi connectivity index (χ2v) is 9.23. The number of nitrogens with zero attached hydrogens (tertiary/aromatic N) is 2. The SMILES string of the molecule is CC(=O)N1CCc2cccc(Br)c2C1.O=C(N1CCc2cc(Br)ccc2C1)C(F)(F)F. The van der Waals surface area contributed by atoms with Gasteiger partial charge in [-0.1, -0.05) is 50.1 Å². The van der Waals surface area contributed by atoms with Gasteiger partial charge >= 0.3 is 12.1 Å². The van der Waals surface area contributed by atoms with Gasteiger partial charge in [-0.15, -0.1) is 0 Å². The first kappa shape index (κ1) is 23.8. The summed E-state index contributed by atoms with van der Waals surface area (Å²) in [4.78, 5) is 25.0. The molecule has 166 valence electrons. The van der Waals surface area contributed by atoms with E-state index in [2.05, 4.69) is 37.9 Å². The molecule has 9 heteroatoms. The molecule has 0 saturated carbocycles. The largest absolute Gasteiger partial charge is 0.471 e. The number of rotatable bonds is 0. The Morgan fingerprint density at radius 3 is 2.26 bits per heavy atom. The molecule has 0 aromatic heterocycles. The fourth-order valence-electron chi connectivity index (χ4n) is 3.68. The van der Waals surface area contributed by atoms with Crippen molar-refractivity contribution in [3.63, 3.8) is 0 Å². The van der Waals surface area contributed by atoms with E-state index in [4.69, 9.17) is 0 Å². The van der Waals surface area contributed by atoms with Gasteiger partial charge in [0, 0.05) is 42.0 Å². The van der Waals surface area contributed by atoms with Crippen molar-refractivity contribution in [2.75, 3.05) is 13.1 Å². The number of halogens is 5. The predicted molar refractivity (Wildman–Crippen MR) is 118 cm³/mol. The summed E-state index contributed by atoms with van der Waals surface area (Å²) in [6.07, 6.45) is -3.36. The summed E-state index contributed by atoms with van der Waals surface area (Å²) in [5.74, 6) is -1.60. The van der Waals surface area contributed by atoms with Gasteiger partial charge in [0.15, 0.2) is 0 Å². The van der Waals surface area contributed by atoms with E-state index in [-0.39, 0.29) is 19.0 Å². The molecule has 0 saturated heterocycles. The Morgan fingerprint density at radius 1 is 0.903 bits per heavy atom. The lowest BCUT2D eigenvalue weighted by Crippen LogP contribution is -2.43. The maximum atomic E-state index is 12.3.